The highest BCUT2D eigenvalue weighted by Crippen LogP contribution is 2.34. The van der Waals surface area contributed by atoms with E-state index in [9.17, 15) is 4.79 Å². The zero-order valence-electron chi connectivity index (χ0n) is 15.4. The largest absolute Gasteiger partial charge is 0.486 e. The van der Waals surface area contributed by atoms with Crippen molar-refractivity contribution < 1.29 is 14.3 Å². The Hall–Kier alpha value is -3.02. The lowest BCUT2D eigenvalue weighted by molar-refractivity contribution is -0.115. The molecule has 2 aromatic rings. The Labute approximate surface area is 158 Å². The van der Waals surface area contributed by atoms with Crippen LogP contribution in [0.5, 0.6) is 11.5 Å². The number of amides is 1. The molecular formula is C21H23N3O3. The number of hydrogen-bond donors (Lipinski definition) is 1. The summed E-state index contributed by atoms with van der Waals surface area (Å²) in [5, 5.41) is 3.27. The molecule has 0 bridgehead atoms. The summed E-state index contributed by atoms with van der Waals surface area (Å²) in [4.78, 5) is 18.4. The van der Waals surface area contributed by atoms with Crippen LogP contribution in [0.25, 0.3) is 0 Å². The van der Waals surface area contributed by atoms with Crippen LogP contribution in [0, 0.1) is 0 Å². The molecule has 6 heteroatoms. The molecule has 0 saturated heterocycles. The molecule has 2 aliphatic rings. The highest BCUT2D eigenvalue weighted by atomic mass is 16.6. The Morgan fingerprint density at radius 3 is 2.63 bits per heavy atom. The zero-order chi connectivity index (χ0) is 18.6. The van der Waals surface area contributed by atoms with E-state index in [-0.39, 0.29) is 12.5 Å². The number of carbonyl (C=O) groups is 1. The first-order valence-electron chi connectivity index (χ1n) is 9.37. The summed E-state index contributed by atoms with van der Waals surface area (Å²) in [5.74, 6) is 1.80. The molecule has 0 fully saturated rings. The molecule has 2 aromatic carbocycles. The van der Waals surface area contributed by atoms with Crippen molar-refractivity contribution in [3.8, 4) is 11.5 Å². The summed E-state index contributed by atoms with van der Waals surface area (Å²) in [6, 6.07) is 13.8. The molecule has 6 nitrogen and oxygen atoms in total. The molecule has 4 rings (SSSR count). The second-order valence-corrected chi connectivity index (χ2v) is 6.62. The van der Waals surface area contributed by atoms with Gasteiger partial charge in [-0.25, -0.2) is 9.89 Å². The first-order chi connectivity index (χ1) is 13.2. The lowest BCUT2D eigenvalue weighted by Crippen LogP contribution is -2.37. The topological polar surface area (TPSA) is 63.2 Å². The number of unbranched alkanes of at least 4 members (excludes halogenated alkanes) is 1. The summed E-state index contributed by atoms with van der Waals surface area (Å²) < 4.78 is 11.2. The smallest absolute Gasteiger partial charge is 0.255 e. The van der Waals surface area contributed by atoms with Crippen LogP contribution in [0.3, 0.4) is 0 Å². The lowest BCUT2D eigenvalue weighted by Gasteiger charge is -2.23. The standard InChI is InChI=1S/C21H23N3O3/c1-2-3-4-15-5-7-16(8-6-15)23-21-22-14-20(25)24(21)17-9-10-18-19(13-17)27-12-11-26-18/h5-10,13H,2-4,11-12,14H2,1H3,(H,22,23). The Kier molecular flexibility index (Phi) is 4.96. The molecule has 0 saturated carbocycles. The van der Waals surface area contributed by atoms with Crippen LogP contribution in [0.1, 0.15) is 25.3 Å². The third kappa shape index (κ3) is 3.74. The van der Waals surface area contributed by atoms with Crippen molar-refractivity contribution in [3.63, 3.8) is 0 Å². The molecule has 2 aliphatic heterocycles. The number of hydrogen-bond acceptors (Lipinski definition) is 5. The normalized spacial score (nSPS) is 15.7. The molecule has 0 radical (unpaired) electrons. The van der Waals surface area contributed by atoms with Crippen molar-refractivity contribution >= 4 is 23.2 Å². The van der Waals surface area contributed by atoms with E-state index in [2.05, 4.69) is 29.4 Å². The van der Waals surface area contributed by atoms with Crippen LogP contribution < -0.4 is 19.7 Å². The average Bonchev–Trinajstić information content (AvgIpc) is 3.07. The van der Waals surface area contributed by atoms with Gasteiger partial charge in [0.1, 0.15) is 19.8 Å². The predicted octanol–water partition coefficient (Wildman–Crippen LogP) is 3.62. The van der Waals surface area contributed by atoms with Crippen molar-refractivity contribution in [3.05, 3.63) is 48.0 Å². The minimum Gasteiger partial charge on any atom is -0.486 e. The van der Waals surface area contributed by atoms with Gasteiger partial charge in [-0.1, -0.05) is 25.5 Å². The number of aliphatic imine (C=N–C) groups is 1. The Morgan fingerprint density at radius 1 is 1.07 bits per heavy atom. The Balaban J connectivity index is 1.51. The molecule has 0 aliphatic carbocycles. The molecule has 27 heavy (non-hydrogen) atoms. The van der Waals surface area contributed by atoms with Crippen molar-refractivity contribution in [1.29, 1.82) is 0 Å². The Bertz CT molecular complexity index is 861. The summed E-state index contributed by atoms with van der Waals surface area (Å²) in [7, 11) is 0. The molecule has 0 spiro atoms. The molecule has 0 atom stereocenters. The third-order valence-corrected chi connectivity index (χ3v) is 4.64. The van der Waals surface area contributed by atoms with Gasteiger partial charge in [0, 0.05) is 11.8 Å². The highest BCUT2D eigenvalue weighted by Gasteiger charge is 2.28. The van der Waals surface area contributed by atoms with Gasteiger partial charge in [0.15, 0.2) is 11.5 Å². The quantitative estimate of drug-likeness (QED) is 0.879. The third-order valence-electron chi connectivity index (χ3n) is 4.64. The fourth-order valence-electron chi connectivity index (χ4n) is 3.20. The van der Waals surface area contributed by atoms with Crippen LogP contribution in [-0.4, -0.2) is 31.6 Å². The molecule has 0 unspecified atom stereocenters. The predicted molar refractivity (Wildman–Crippen MR) is 106 cm³/mol. The van der Waals surface area contributed by atoms with Gasteiger partial charge in [-0.2, -0.15) is 0 Å². The molecule has 1 amide bonds. The van der Waals surface area contributed by atoms with E-state index >= 15 is 0 Å². The number of nitrogens with zero attached hydrogens (tertiary/aromatic N) is 2. The van der Waals surface area contributed by atoms with Gasteiger partial charge in [-0.3, -0.25) is 4.79 Å². The second kappa shape index (κ2) is 7.70. The minimum atomic E-state index is -0.0752. The summed E-state index contributed by atoms with van der Waals surface area (Å²) in [5.41, 5.74) is 2.94. The van der Waals surface area contributed by atoms with Gasteiger partial charge in [0.2, 0.25) is 5.96 Å². The summed E-state index contributed by atoms with van der Waals surface area (Å²) >= 11 is 0. The molecule has 2 heterocycles. The average molecular weight is 365 g/mol. The van der Waals surface area contributed by atoms with E-state index in [0.29, 0.717) is 36.4 Å². The van der Waals surface area contributed by atoms with E-state index in [1.807, 2.05) is 30.3 Å². The fourth-order valence-corrected chi connectivity index (χ4v) is 3.20. The van der Waals surface area contributed by atoms with Crippen molar-refractivity contribution in [2.24, 2.45) is 4.99 Å². The van der Waals surface area contributed by atoms with Crippen LogP contribution >= 0.6 is 0 Å². The van der Waals surface area contributed by atoms with Crippen LogP contribution in [0.4, 0.5) is 11.4 Å². The number of ether oxygens (including phenoxy) is 2. The van der Waals surface area contributed by atoms with E-state index in [0.717, 1.165) is 12.1 Å². The van der Waals surface area contributed by atoms with E-state index in [4.69, 9.17) is 9.47 Å². The molecular weight excluding hydrogens is 342 g/mol. The Morgan fingerprint density at radius 2 is 1.85 bits per heavy atom. The SMILES string of the molecule is CCCCc1ccc(NC2=NCC(=O)N2c2ccc3c(c2)OCCO3)cc1. The first-order valence-corrected chi connectivity index (χ1v) is 9.37. The highest BCUT2D eigenvalue weighted by molar-refractivity contribution is 6.24. The first kappa shape index (κ1) is 17.4. The van der Waals surface area contributed by atoms with Crippen molar-refractivity contribution in [2.45, 2.75) is 26.2 Å². The maximum absolute atomic E-state index is 12.4. The van der Waals surface area contributed by atoms with E-state index in [1.54, 1.807) is 4.90 Å². The van der Waals surface area contributed by atoms with Crippen LogP contribution in [0.15, 0.2) is 47.5 Å². The maximum atomic E-state index is 12.4. The minimum absolute atomic E-state index is 0.0752. The van der Waals surface area contributed by atoms with E-state index in [1.165, 1.54) is 18.4 Å². The lowest BCUT2D eigenvalue weighted by atomic mass is 10.1. The second-order valence-electron chi connectivity index (χ2n) is 6.62. The molecule has 140 valence electrons. The number of rotatable bonds is 5. The van der Waals surface area contributed by atoms with Gasteiger partial charge in [-0.05, 0) is 42.7 Å². The fraction of sp³-hybridized carbons (Fsp3) is 0.333. The van der Waals surface area contributed by atoms with E-state index < -0.39 is 0 Å². The van der Waals surface area contributed by atoms with Gasteiger partial charge >= 0.3 is 0 Å². The number of fused-ring (bicyclic) bond motifs is 1. The van der Waals surface area contributed by atoms with Crippen molar-refractivity contribution in [2.75, 3.05) is 30.0 Å². The van der Waals surface area contributed by atoms with Crippen molar-refractivity contribution in [1.82, 2.24) is 0 Å². The maximum Gasteiger partial charge on any atom is 0.255 e. The zero-order valence-corrected chi connectivity index (χ0v) is 15.4. The number of carbonyl (C=O) groups excluding carboxylic acids is 1. The van der Waals surface area contributed by atoms with Gasteiger partial charge in [0.25, 0.3) is 5.91 Å². The van der Waals surface area contributed by atoms with Crippen LogP contribution in [-0.2, 0) is 11.2 Å². The molecule has 0 aromatic heterocycles. The number of nitrogens with one attached hydrogen (secondary N) is 1. The summed E-state index contributed by atoms with van der Waals surface area (Å²) in [6.45, 7) is 3.37. The number of aryl methyl sites for hydroxylation is 1. The molecule has 1 N–H and O–H groups in total. The van der Waals surface area contributed by atoms with Gasteiger partial charge in [-0.15, -0.1) is 0 Å². The van der Waals surface area contributed by atoms with Gasteiger partial charge < -0.3 is 14.8 Å². The number of guanidine groups is 1. The number of benzene rings is 2. The monoisotopic (exact) mass is 365 g/mol. The van der Waals surface area contributed by atoms with Gasteiger partial charge in [0.05, 0.1) is 5.69 Å². The number of anilines is 2. The van der Waals surface area contributed by atoms with Crippen LogP contribution in [0.2, 0.25) is 0 Å². The summed E-state index contributed by atoms with van der Waals surface area (Å²) in [6.07, 6.45) is 3.45.